The van der Waals surface area contributed by atoms with E-state index >= 15 is 0 Å². The lowest BCUT2D eigenvalue weighted by atomic mass is 10.1. The molecule has 0 aliphatic rings. The number of benzene rings is 1. The number of carbonyl (C=O) groups excluding carboxylic acids is 1. The average Bonchev–Trinajstić information content (AvgIpc) is 2.39. The minimum absolute atomic E-state index is 0.00488. The highest BCUT2D eigenvalue weighted by Crippen LogP contribution is 2.14. The van der Waals surface area contributed by atoms with E-state index in [0.717, 1.165) is 11.3 Å². The summed E-state index contributed by atoms with van der Waals surface area (Å²) < 4.78 is 0. The lowest BCUT2D eigenvalue weighted by Gasteiger charge is -2.16. The van der Waals surface area contributed by atoms with Crippen LogP contribution in [-0.4, -0.2) is 17.9 Å². The van der Waals surface area contributed by atoms with Crippen LogP contribution in [0.4, 0.5) is 5.69 Å². The number of carbonyl (C=O) groups is 1. The molecule has 3 nitrogen and oxygen atoms in total. The third kappa shape index (κ3) is 3.08. The van der Waals surface area contributed by atoms with Gasteiger partial charge >= 0.3 is 0 Å². The van der Waals surface area contributed by atoms with Gasteiger partial charge in [0.15, 0.2) is 0 Å². The van der Waals surface area contributed by atoms with Gasteiger partial charge in [-0.05, 0) is 29.8 Å². The van der Waals surface area contributed by atoms with Gasteiger partial charge in [0.2, 0.25) is 5.91 Å². The molecule has 0 aliphatic carbocycles. The number of amides is 1. The molecule has 0 spiro atoms. The van der Waals surface area contributed by atoms with Gasteiger partial charge in [-0.25, -0.2) is 0 Å². The van der Waals surface area contributed by atoms with Crippen molar-refractivity contribution >= 4 is 23.2 Å². The fourth-order valence-electron chi connectivity index (χ4n) is 1.64. The molecule has 0 bridgehead atoms. The number of hydrogen-bond donors (Lipinski definition) is 0. The van der Waals surface area contributed by atoms with Crippen molar-refractivity contribution in [3.8, 4) is 0 Å². The fourth-order valence-corrected chi connectivity index (χ4v) is 1.85. The van der Waals surface area contributed by atoms with Crippen LogP contribution >= 0.6 is 11.6 Å². The van der Waals surface area contributed by atoms with Crippen LogP contribution in [0.25, 0.3) is 0 Å². The molecule has 0 atom stereocenters. The SMILES string of the molecule is CN(C(=O)Cc1cccc(Cl)c1)c1cccnc1. The average molecular weight is 261 g/mol. The number of likely N-dealkylation sites (N-methyl/N-ethyl adjacent to an activating group) is 1. The Kier molecular flexibility index (Phi) is 3.95. The summed E-state index contributed by atoms with van der Waals surface area (Å²) in [5.74, 6) is 0.00488. The van der Waals surface area contributed by atoms with E-state index in [-0.39, 0.29) is 5.91 Å². The van der Waals surface area contributed by atoms with Gasteiger partial charge in [0.05, 0.1) is 18.3 Å². The van der Waals surface area contributed by atoms with Crippen molar-refractivity contribution in [3.05, 3.63) is 59.4 Å². The Bertz CT molecular complexity index is 543. The highest BCUT2D eigenvalue weighted by atomic mass is 35.5. The second-order valence-corrected chi connectivity index (χ2v) is 4.41. The Balaban J connectivity index is 2.09. The first kappa shape index (κ1) is 12.6. The quantitative estimate of drug-likeness (QED) is 0.850. The number of hydrogen-bond acceptors (Lipinski definition) is 2. The van der Waals surface area contributed by atoms with Gasteiger partial charge in [-0.3, -0.25) is 9.78 Å². The summed E-state index contributed by atoms with van der Waals surface area (Å²) in [5, 5.41) is 0.643. The van der Waals surface area contributed by atoms with Crippen LogP contribution < -0.4 is 4.90 Å². The van der Waals surface area contributed by atoms with Crippen molar-refractivity contribution in [1.82, 2.24) is 4.98 Å². The van der Waals surface area contributed by atoms with Gasteiger partial charge in [-0.15, -0.1) is 0 Å². The summed E-state index contributed by atoms with van der Waals surface area (Å²) in [7, 11) is 1.74. The van der Waals surface area contributed by atoms with Crippen LogP contribution in [0.1, 0.15) is 5.56 Å². The molecular formula is C14H13ClN2O. The molecule has 0 saturated heterocycles. The van der Waals surface area contributed by atoms with E-state index in [1.165, 1.54) is 0 Å². The van der Waals surface area contributed by atoms with Crippen molar-refractivity contribution in [1.29, 1.82) is 0 Å². The van der Waals surface area contributed by atoms with E-state index < -0.39 is 0 Å². The van der Waals surface area contributed by atoms with E-state index in [1.807, 2.05) is 18.2 Å². The third-order valence-electron chi connectivity index (χ3n) is 2.65. The fraction of sp³-hybridized carbons (Fsp3) is 0.143. The lowest BCUT2D eigenvalue weighted by molar-refractivity contribution is -0.117. The molecule has 2 rings (SSSR count). The topological polar surface area (TPSA) is 33.2 Å². The Labute approximate surface area is 111 Å². The molecule has 92 valence electrons. The molecule has 0 N–H and O–H groups in total. The van der Waals surface area contributed by atoms with Crippen LogP contribution in [0, 0.1) is 0 Å². The first-order chi connectivity index (χ1) is 8.66. The third-order valence-corrected chi connectivity index (χ3v) is 2.89. The number of anilines is 1. The zero-order chi connectivity index (χ0) is 13.0. The van der Waals surface area contributed by atoms with Crippen LogP contribution in [0.2, 0.25) is 5.02 Å². The summed E-state index contributed by atoms with van der Waals surface area (Å²) in [6.45, 7) is 0. The maximum atomic E-state index is 12.1. The zero-order valence-electron chi connectivity index (χ0n) is 10.0. The smallest absolute Gasteiger partial charge is 0.231 e. The van der Waals surface area contributed by atoms with Gasteiger partial charge in [0.25, 0.3) is 0 Å². The molecule has 1 aromatic carbocycles. The summed E-state index contributed by atoms with van der Waals surface area (Å²) in [4.78, 5) is 17.7. The standard InChI is InChI=1S/C14H13ClN2O/c1-17(13-6-3-7-16-10-13)14(18)9-11-4-2-5-12(15)8-11/h2-8,10H,9H2,1H3. The molecule has 1 amide bonds. The van der Waals surface area contributed by atoms with E-state index in [2.05, 4.69) is 4.98 Å². The molecule has 0 saturated carbocycles. The number of halogens is 1. The number of nitrogens with zero attached hydrogens (tertiary/aromatic N) is 2. The molecule has 4 heteroatoms. The monoisotopic (exact) mass is 260 g/mol. The maximum absolute atomic E-state index is 12.1. The molecule has 0 radical (unpaired) electrons. The van der Waals surface area contributed by atoms with Gasteiger partial charge in [-0.1, -0.05) is 23.7 Å². The normalized spacial score (nSPS) is 10.1. The summed E-state index contributed by atoms with van der Waals surface area (Å²) in [5.41, 5.74) is 1.69. The molecular weight excluding hydrogens is 248 g/mol. The molecule has 0 fully saturated rings. The van der Waals surface area contributed by atoms with Crippen molar-refractivity contribution < 1.29 is 4.79 Å². The second-order valence-electron chi connectivity index (χ2n) is 3.97. The zero-order valence-corrected chi connectivity index (χ0v) is 10.8. The first-order valence-electron chi connectivity index (χ1n) is 5.58. The van der Waals surface area contributed by atoms with Crippen LogP contribution in [0.5, 0.6) is 0 Å². The first-order valence-corrected chi connectivity index (χ1v) is 5.95. The Morgan fingerprint density at radius 3 is 2.83 bits per heavy atom. The van der Waals surface area contributed by atoms with E-state index in [4.69, 9.17) is 11.6 Å². The number of aromatic nitrogens is 1. The van der Waals surface area contributed by atoms with Crippen molar-refractivity contribution in [3.63, 3.8) is 0 Å². The maximum Gasteiger partial charge on any atom is 0.231 e. The van der Waals surface area contributed by atoms with E-state index in [9.17, 15) is 4.79 Å². The highest BCUT2D eigenvalue weighted by Gasteiger charge is 2.11. The molecule has 0 aliphatic heterocycles. The molecule has 18 heavy (non-hydrogen) atoms. The van der Waals surface area contributed by atoms with Gasteiger partial charge in [-0.2, -0.15) is 0 Å². The van der Waals surface area contributed by atoms with Crippen molar-refractivity contribution in [2.75, 3.05) is 11.9 Å². The number of rotatable bonds is 3. The van der Waals surface area contributed by atoms with Crippen LogP contribution in [0.15, 0.2) is 48.8 Å². The second kappa shape index (κ2) is 5.65. The Morgan fingerprint density at radius 2 is 2.17 bits per heavy atom. The van der Waals surface area contributed by atoms with Crippen LogP contribution in [-0.2, 0) is 11.2 Å². The highest BCUT2D eigenvalue weighted by molar-refractivity contribution is 6.30. The summed E-state index contributed by atoms with van der Waals surface area (Å²) >= 11 is 5.89. The largest absolute Gasteiger partial charge is 0.314 e. The predicted molar refractivity (Wildman–Crippen MR) is 72.8 cm³/mol. The predicted octanol–water partition coefficient (Wildman–Crippen LogP) is 2.94. The van der Waals surface area contributed by atoms with Crippen molar-refractivity contribution in [2.45, 2.75) is 6.42 Å². The summed E-state index contributed by atoms with van der Waals surface area (Å²) in [6, 6.07) is 11.0. The molecule has 0 unspecified atom stereocenters. The molecule has 1 heterocycles. The number of pyridine rings is 1. The molecule has 2 aromatic rings. The molecule has 1 aromatic heterocycles. The van der Waals surface area contributed by atoms with Gasteiger partial charge in [0.1, 0.15) is 0 Å². The Morgan fingerprint density at radius 1 is 1.33 bits per heavy atom. The van der Waals surface area contributed by atoms with Gasteiger partial charge < -0.3 is 4.90 Å². The van der Waals surface area contributed by atoms with Crippen molar-refractivity contribution in [2.24, 2.45) is 0 Å². The Hall–Kier alpha value is -1.87. The van der Waals surface area contributed by atoms with Gasteiger partial charge in [0, 0.05) is 18.3 Å². The van der Waals surface area contributed by atoms with E-state index in [0.29, 0.717) is 11.4 Å². The summed E-state index contributed by atoms with van der Waals surface area (Å²) in [6.07, 6.45) is 3.67. The lowest BCUT2D eigenvalue weighted by Crippen LogP contribution is -2.27. The van der Waals surface area contributed by atoms with E-state index in [1.54, 1.807) is 42.5 Å². The minimum atomic E-state index is 0.00488. The minimum Gasteiger partial charge on any atom is -0.314 e. The van der Waals surface area contributed by atoms with Crippen LogP contribution in [0.3, 0.4) is 0 Å².